The van der Waals surface area contributed by atoms with Gasteiger partial charge in [0.15, 0.2) is 0 Å². The van der Waals surface area contributed by atoms with Gasteiger partial charge >= 0.3 is 0 Å². The van der Waals surface area contributed by atoms with Crippen LogP contribution in [0.2, 0.25) is 0 Å². The van der Waals surface area contributed by atoms with Gasteiger partial charge in [0.2, 0.25) is 5.91 Å². The van der Waals surface area contributed by atoms with E-state index in [2.05, 4.69) is 9.97 Å². The first-order valence-corrected chi connectivity index (χ1v) is 10.7. The van der Waals surface area contributed by atoms with Gasteiger partial charge in [0.1, 0.15) is 11.6 Å². The molecular formula is C25H28N4O2. The van der Waals surface area contributed by atoms with Crippen LogP contribution in [0.1, 0.15) is 47.9 Å². The van der Waals surface area contributed by atoms with Crippen molar-refractivity contribution >= 4 is 5.91 Å². The number of piperidine rings is 1. The van der Waals surface area contributed by atoms with E-state index >= 15 is 0 Å². The number of aromatic nitrogens is 3. The maximum absolute atomic E-state index is 13.3. The molecule has 1 aliphatic rings. The molecule has 1 atom stereocenters. The van der Waals surface area contributed by atoms with Crippen LogP contribution < -0.4 is 4.74 Å². The molecule has 0 radical (unpaired) electrons. The molecule has 160 valence electrons. The highest BCUT2D eigenvalue weighted by atomic mass is 16.5. The highest BCUT2D eigenvalue weighted by molar-refractivity contribution is 5.80. The maximum atomic E-state index is 13.3. The van der Waals surface area contributed by atoms with Gasteiger partial charge in [0.05, 0.1) is 25.3 Å². The monoisotopic (exact) mass is 416 g/mol. The standard InChI is InChI=1S/C25H28N4O2/c1-17-15-26-12-11-21(17)22-16-27-18(2)28-25(22)23-6-4-5-13-29(23)24(30)14-19-7-9-20(31-3)10-8-19/h7-12,15-16,23H,4-6,13-14H2,1-3H3/t23-/m0/s1. The van der Waals surface area contributed by atoms with E-state index in [4.69, 9.17) is 9.72 Å². The predicted octanol–water partition coefficient (Wildman–Crippen LogP) is 4.46. The lowest BCUT2D eigenvalue weighted by Crippen LogP contribution is -2.40. The summed E-state index contributed by atoms with van der Waals surface area (Å²) in [5, 5.41) is 0. The van der Waals surface area contributed by atoms with E-state index in [1.54, 1.807) is 13.3 Å². The minimum atomic E-state index is -0.0521. The lowest BCUT2D eigenvalue weighted by Gasteiger charge is -2.36. The number of benzene rings is 1. The Morgan fingerprint density at radius 2 is 1.90 bits per heavy atom. The third kappa shape index (κ3) is 4.58. The van der Waals surface area contributed by atoms with Gasteiger partial charge in [0.25, 0.3) is 0 Å². The van der Waals surface area contributed by atoms with Crippen LogP contribution in [0.25, 0.3) is 11.1 Å². The molecule has 1 aromatic carbocycles. The number of rotatable bonds is 5. The second-order valence-electron chi connectivity index (χ2n) is 8.03. The van der Waals surface area contributed by atoms with Gasteiger partial charge in [-0.1, -0.05) is 12.1 Å². The first kappa shape index (κ1) is 21.0. The summed E-state index contributed by atoms with van der Waals surface area (Å²) in [6.45, 7) is 4.69. The molecule has 0 spiro atoms. The average Bonchev–Trinajstić information content (AvgIpc) is 2.80. The first-order chi connectivity index (χ1) is 15.1. The van der Waals surface area contributed by atoms with Gasteiger partial charge in [-0.2, -0.15) is 0 Å². The van der Waals surface area contributed by atoms with E-state index in [9.17, 15) is 4.79 Å². The van der Waals surface area contributed by atoms with E-state index < -0.39 is 0 Å². The van der Waals surface area contributed by atoms with Crippen LogP contribution in [0.15, 0.2) is 48.9 Å². The lowest BCUT2D eigenvalue weighted by atomic mass is 9.92. The zero-order valence-electron chi connectivity index (χ0n) is 18.3. The normalized spacial score (nSPS) is 16.2. The molecule has 0 bridgehead atoms. The maximum Gasteiger partial charge on any atom is 0.227 e. The molecule has 1 saturated heterocycles. The third-order valence-electron chi connectivity index (χ3n) is 5.90. The Morgan fingerprint density at radius 3 is 2.65 bits per heavy atom. The van der Waals surface area contributed by atoms with E-state index in [1.165, 1.54) is 0 Å². The minimum Gasteiger partial charge on any atom is -0.497 e. The molecule has 1 fully saturated rings. The number of amides is 1. The fourth-order valence-electron chi connectivity index (χ4n) is 4.26. The van der Waals surface area contributed by atoms with E-state index in [0.29, 0.717) is 6.42 Å². The smallest absolute Gasteiger partial charge is 0.227 e. The number of nitrogens with zero attached hydrogens (tertiary/aromatic N) is 4. The minimum absolute atomic E-state index is 0.0521. The van der Waals surface area contributed by atoms with Crippen LogP contribution in [0.5, 0.6) is 5.75 Å². The molecule has 6 heteroatoms. The van der Waals surface area contributed by atoms with Crippen molar-refractivity contribution in [2.24, 2.45) is 0 Å². The van der Waals surface area contributed by atoms with Crippen LogP contribution in [-0.2, 0) is 11.2 Å². The molecule has 0 N–H and O–H groups in total. The lowest BCUT2D eigenvalue weighted by molar-refractivity contribution is -0.134. The molecule has 1 amide bonds. The Hall–Kier alpha value is -3.28. The number of ether oxygens (including phenoxy) is 1. The summed E-state index contributed by atoms with van der Waals surface area (Å²) in [6.07, 6.45) is 8.90. The van der Waals surface area contributed by atoms with Crippen LogP contribution in [0.3, 0.4) is 0 Å². The summed E-state index contributed by atoms with van der Waals surface area (Å²) in [5.41, 5.74) is 5.05. The Balaban J connectivity index is 1.66. The van der Waals surface area contributed by atoms with Gasteiger partial charge in [-0.05, 0) is 68.0 Å². The molecule has 3 heterocycles. The molecular weight excluding hydrogens is 388 g/mol. The topological polar surface area (TPSA) is 68.2 Å². The Bertz CT molecular complexity index is 1070. The largest absolute Gasteiger partial charge is 0.497 e. The highest BCUT2D eigenvalue weighted by Gasteiger charge is 2.31. The van der Waals surface area contributed by atoms with Crippen LogP contribution in [-0.4, -0.2) is 39.4 Å². The number of carbonyl (C=O) groups is 1. The number of likely N-dealkylation sites (tertiary alicyclic amines) is 1. The summed E-state index contributed by atoms with van der Waals surface area (Å²) in [6, 6.07) is 9.65. The first-order valence-electron chi connectivity index (χ1n) is 10.7. The van der Waals surface area contributed by atoms with Gasteiger partial charge in [-0.25, -0.2) is 9.97 Å². The van der Waals surface area contributed by atoms with Crippen molar-refractivity contribution < 1.29 is 9.53 Å². The van der Waals surface area contributed by atoms with E-state index in [0.717, 1.165) is 65.3 Å². The van der Waals surface area contributed by atoms with Crippen LogP contribution in [0.4, 0.5) is 0 Å². The van der Waals surface area contributed by atoms with E-state index in [1.807, 2.05) is 61.5 Å². The number of carbonyl (C=O) groups excluding carboxylic acids is 1. The molecule has 0 saturated carbocycles. The Morgan fingerprint density at radius 1 is 1.10 bits per heavy atom. The van der Waals surface area contributed by atoms with Crippen molar-refractivity contribution in [3.63, 3.8) is 0 Å². The zero-order valence-corrected chi connectivity index (χ0v) is 18.3. The van der Waals surface area contributed by atoms with Crippen LogP contribution in [0, 0.1) is 13.8 Å². The molecule has 6 nitrogen and oxygen atoms in total. The van der Waals surface area contributed by atoms with Gasteiger partial charge < -0.3 is 9.64 Å². The predicted molar refractivity (Wildman–Crippen MR) is 120 cm³/mol. The fraction of sp³-hybridized carbons (Fsp3) is 0.360. The van der Waals surface area contributed by atoms with Gasteiger partial charge in [-0.15, -0.1) is 0 Å². The number of methoxy groups -OCH3 is 1. The molecule has 31 heavy (non-hydrogen) atoms. The quantitative estimate of drug-likeness (QED) is 0.614. The summed E-state index contributed by atoms with van der Waals surface area (Å²) in [7, 11) is 1.64. The zero-order chi connectivity index (χ0) is 21.8. The van der Waals surface area contributed by atoms with Crippen molar-refractivity contribution in [3.05, 3.63) is 71.6 Å². The van der Waals surface area contributed by atoms with Crippen molar-refractivity contribution in [2.75, 3.05) is 13.7 Å². The third-order valence-corrected chi connectivity index (χ3v) is 5.90. The summed E-state index contributed by atoms with van der Waals surface area (Å²) in [4.78, 5) is 28.9. The average molecular weight is 417 g/mol. The second kappa shape index (κ2) is 9.25. The summed E-state index contributed by atoms with van der Waals surface area (Å²) >= 11 is 0. The molecule has 0 aliphatic carbocycles. The molecule has 1 aliphatic heterocycles. The summed E-state index contributed by atoms with van der Waals surface area (Å²) in [5.74, 6) is 1.64. The number of hydrogen-bond donors (Lipinski definition) is 0. The van der Waals surface area contributed by atoms with Crippen molar-refractivity contribution in [2.45, 2.75) is 45.6 Å². The molecule has 0 unspecified atom stereocenters. The molecule has 4 rings (SSSR count). The highest BCUT2D eigenvalue weighted by Crippen LogP contribution is 2.36. The summed E-state index contributed by atoms with van der Waals surface area (Å²) < 4.78 is 5.23. The number of hydrogen-bond acceptors (Lipinski definition) is 5. The SMILES string of the molecule is COc1ccc(CC(=O)N2CCCC[C@H]2c2nc(C)ncc2-c2ccncc2C)cc1. The number of pyridine rings is 1. The second-order valence-corrected chi connectivity index (χ2v) is 8.03. The van der Waals surface area contributed by atoms with Gasteiger partial charge in [-0.3, -0.25) is 9.78 Å². The Labute approximate surface area is 183 Å². The van der Waals surface area contributed by atoms with Crippen LogP contribution >= 0.6 is 0 Å². The molecule has 3 aromatic rings. The van der Waals surface area contributed by atoms with E-state index in [-0.39, 0.29) is 11.9 Å². The van der Waals surface area contributed by atoms with Gasteiger partial charge in [0, 0.05) is 30.7 Å². The Kier molecular flexibility index (Phi) is 6.26. The van der Waals surface area contributed by atoms with Crippen molar-refractivity contribution in [1.29, 1.82) is 0 Å². The molecule has 2 aromatic heterocycles. The number of aryl methyl sites for hydroxylation is 2. The fourth-order valence-corrected chi connectivity index (χ4v) is 4.26. The van der Waals surface area contributed by atoms with Crippen molar-refractivity contribution in [3.8, 4) is 16.9 Å². The van der Waals surface area contributed by atoms with Crippen molar-refractivity contribution in [1.82, 2.24) is 19.9 Å².